The van der Waals surface area contributed by atoms with E-state index >= 15 is 0 Å². The van der Waals surface area contributed by atoms with Crippen molar-refractivity contribution in [3.8, 4) is 0 Å². The van der Waals surface area contributed by atoms with E-state index in [1.54, 1.807) is 136 Å². The summed E-state index contributed by atoms with van der Waals surface area (Å²) >= 11 is 70.8. The quantitative estimate of drug-likeness (QED) is 0.0504. The molecule has 0 atom stereocenters. The van der Waals surface area contributed by atoms with Gasteiger partial charge in [-0.15, -0.1) is 0 Å². The van der Waals surface area contributed by atoms with Crippen molar-refractivity contribution in [1.29, 1.82) is 0 Å². The number of aromatic nitrogens is 4. The zero-order valence-electron chi connectivity index (χ0n) is 76.1. The van der Waals surface area contributed by atoms with Gasteiger partial charge in [0, 0.05) is 233 Å². The van der Waals surface area contributed by atoms with Crippen LogP contribution in [0.3, 0.4) is 0 Å². The maximum Gasteiger partial charge on any atom is 0.253 e. The first kappa shape index (κ1) is 105. The van der Waals surface area contributed by atoms with Crippen LogP contribution in [0.15, 0.2) is 300 Å². The third kappa shape index (κ3) is 26.7. The number of fused-ring (bicyclic) bond motifs is 4. The van der Waals surface area contributed by atoms with Gasteiger partial charge in [-0.3, -0.25) is 19.2 Å². The minimum atomic E-state index is -0.0106. The number of halogens is 12. The normalized spacial score (nSPS) is 11.3. The number of methoxy groups -OCH3 is 1. The molecular formula is C104H95Br4Cl8N11O5S4. The number of rotatable bonds is 27. The molecule has 0 aliphatic rings. The van der Waals surface area contributed by atoms with Crippen LogP contribution in [0.25, 0.3) is 43.6 Å². The Labute approximate surface area is 883 Å². The second kappa shape index (κ2) is 48.1. The van der Waals surface area contributed by atoms with Crippen molar-refractivity contribution < 1.29 is 23.9 Å². The highest BCUT2D eigenvalue weighted by Crippen LogP contribution is 2.45. The molecule has 4 aromatic heterocycles. The minimum absolute atomic E-state index is 0.00161. The van der Waals surface area contributed by atoms with Gasteiger partial charge in [0.05, 0.1) is 68.9 Å². The van der Waals surface area contributed by atoms with Crippen LogP contribution in [0.4, 0.5) is 0 Å². The van der Waals surface area contributed by atoms with Gasteiger partial charge in [-0.1, -0.05) is 252 Å². The van der Waals surface area contributed by atoms with Crippen molar-refractivity contribution >= 4 is 271 Å². The predicted molar refractivity (Wildman–Crippen MR) is 584 cm³/mol. The van der Waals surface area contributed by atoms with Crippen LogP contribution in [0.1, 0.15) is 86.5 Å². The molecule has 4 heterocycles. The summed E-state index contributed by atoms with van der Waals surface area (Å²) in [6.45, 7) is 5.19. The predicted octanol–water partition coefficient (Wildman–Crippen LogP) is 29.8. The number of carbonyl (C=O) groups excluding carboxylic acids is 4. The van der Waals surface area contributed by atoms with Gasteiger partial charge in [-0.25, -0.2) is 0 Å². The van der Waals surface area contributed by atoms with Gasteiger partial charge in [0.15, 0.2) is 0 Å². The average molecular weight is 2310 g/mol. The molecule has 3 N–H and O–H groups in total. The van der Waals surface area contributed by atoms with Crippen molar-refractivity contribution in [1.82, 2.24) is 48.1 Å². The summed E-state index contributed by atoms with van der Waals surface area (Å²) in [7, 11) is 21.9. The maximum atomic E-state index is 12.3. The topological polar surface area (TPSA) is 151 Å². The lowest BCUT2D eigenvalue weighted by molar-refractivity contribution is 0.0820. The first-order chi connectivity index (χ1) is 64.9. The minimum Gasteiger partial charge on any atom is -0.378 e. The van der Waals surface area contributed by atoms with E-state index in [1.807, 2.05) is 171 Å². The summed E-state index contributed by atoms with van der Waals surface area (Å²) in [6, 6.07) is 79.8. The Morgan fingerprint density at radius 1 is 0.316 bits per heavy atom. The van der Waals surface area contributed by atoms with Crippen molar-refractivity contribution in [2.75, 3.05) is 84.6 Å². The van der Waals surface area contributed by atoms with E-state index in [0.29, 0.717) is 102 Å². The Morgan fingerprint density at radius 2 is 0.559 bits per heavy atom. The van der Waals surface area contributed by atoms with Crippen LogP contribution in [0.5, 0.6) is 0 Å². The van der Waals surface area contributed by atoms with E-state index in [2.05, 4.69) is 179 Å². The molecule has 0 bridgehead atoms. The summed E-state index contributed by atoms with van der Waals surface area (Å²) < 4.78 is 18.7. The van der Waals surface area contributed by atoms with Gasteiger partial charge in [-0.2, -0.15) is 0 Å². The highest BCUT2D eigenvalue weighted by molar-refractivity contribution is 9.11. The van der Waals surface area contributed by atoms with Crippen molar-refractivity contribution in [3.63, 3.8) is 0 Å². The van der Waals surface area contributed by atoms with Gasteiger partial charge >= 0.3 is 0 Å². The van der Waals surface area contributed by atoms with Crippen LogP contribution in [-0.2, 0) is 57.2 Å². The fourth-order valence-electron chi connectivity index (χ4n) is 15.1. The van der Waals surface area contributed by atoms with Crippen molar-refractivity contribution in [2.24, 2.45) is 5.73 Å². The summed E-state index contributed by atoms with van der Waals surface area (Å²) in [4.78, 5) is 65.9. The van der Waals surface area contributed by atoms with Crippen LogP contribution in [-0.4, -0.2) is 151 Å². The second-order valence-electron chi connectivity index (χ2n) is 32.9. The second-order valence-corrected chi connectivity index (χ2v) is 44.2. The lowest BCUT2D eigenvalue weighted by Crippen LogP contribution is -2.21. The molecule has 16 aromatic rings. The molecular weight excluding hydrogens is 2210 g/mol. The zero-order chi connectivity index (χ0) is 97.8. The average Bonchev–Trinajstić information content (AvgIpc) is 1.64. The monoisotopic (exact) mass is 2300 g/mol. The number of amides is 4. The Bertz CT molecular complexity index is 6890. The van der Waals surface area contributed by atoms with Crippen LogP contribution < -0.4 is 11.1 Å². The number of hydrogen-bond acceptors (Lipinski definition) is 12. The fraction of sp³-hybridized carbons (Fsp3) is 0.192. The van der Waals surface area contributed by atoms with E-state index < -0.39 is 0 Å². The first-order valence-corrected chi connectivity index (χ1v) is 51.9. The molecule has 0 aliphatic carbocycles. The first-order valence-electron chi connectivity index (χ1n) is 42.4. The highest BCUT2D eigenvalue weighted by Gasteiger charge is 2.23. The van der Waals surface area contributed by atoms with Crippen molar-refractivity contribution in [3.05, 3.63) is 368 Å². The van der Waals surface area contributed by atoms with Crippen LogP contribution in [0, 0.1) is 0 Å². The zero-order valence-corrected chi connectivity index (χ0v) is 91.7. The molecule has 12 aromatic carbocycles. The van der Waals surface area contributed by atoms with E-state index in [0.717, 1.165) is 142 Å². The molecule has 0 fully saturated rings. The molecule has 16 rings (SSSR count). The Balaban J connectivity index is 0.000000153. The largest absolute Gasteiger partial charge is 0.378 e. The Kier molecular flexibility index (Phi) is 37.3. The smallest absolute Gasteiger partial charge is 0.253 e. The van der Waals surface area contributed by atoms with E-state index in [1.165, 1.54) is 16.8 Å². The van der Waals surface area contributed by atoms with Crippen molar-refractivity contribution in [2.45, 2.75) is 91.6 Å². The molecule has 4 amide bonds. The lowest BCUT2D eigenvalue weighted by Gasteiger charge is -2.16. The third-order valence-corrected chi connectivity index (χ3v) is 31.2. The number of nitrogens with zero attached hydrogens (tertiary/aromatic N) is 9. The number of carbonyl (C=O) groups is 4. The van der Waals surface area contributed by atoms with Gasteiger partial charge < -0.3 is 58.6 Å². The van der Waals surface area contributed by atoms with E-state index in [9.17, 15) is 19.2 Å². The molecule has 0 radical (unpaired) electrons. The molecule has 32 heteroatoms. The van der Waals surface area contributed by atoms with Crippen LogP contribution >= 0.6 is 204 Å². The maximum absolute atomic E-state index is 12.3. The molecule has 0 aliphatic heterocycles. The van der Waals surface area contributed by atoms with Gasteiger partial charge in [-0.05, 0) is 238 Å². The summed E-state index contributed by atoms with van der Waals surface area (Å²) in [6.07, 6.45) is 0. The Morgan fingerprint density at radius 3 is 0.801 bits per heavy atom. The molecule has 136 heavy (non-hydrogen) atoms. The number of nitrogens with one attached hydrogen (secondary N) is 1. The summed E-state index contributed by atoms with van der Waals surface area (Å²) in [5.41, 5.74) is 22.2. The SMILES string of the molecule is CN(C)C(=O)c1ccc(Cn2c(CN)cc3c(Br)cc(Sc4ccc(Cl)c(Cl)c4)cc32)cc1.CN(C)Cc1cc2c(Br)cc(Sc3ccc(Cl)c(Cl)c3)cc2n1Cc1ccc(C(=O)N(C)C)cc1.CNCc1cc2c(Br)cc(Sc3ccc(Cl)c(Cl)c3)cc2n1Cc1ccc(C(=O)N(C)C)cc1.COCc1cc2c(Br)cc(Sc3ccc(Cl)c(Cl)c3)cc2n1Cc1ccc(C(=O)N(C)C)cc1. The number of nitrogens with two attached hydrogens (primary N) is 1. The number of hydrogen-bond donors (Lipinski definition) is 2. The Hall–Kier alpha value is -7.84. The number of benzene rings is 12. The van der Waals surface area contributed by atoms with E-state index in [4.69, 9.17) is 103 Å². The summed E-state index contributed by atoms with van der Waals surface area (Å²) in [5.74, 6) is -0.0136. The third-order valence-electron chi connectivity index (χ3n) is 21.8. The molecule has 704 valence electrons. The van der Waals surface area contributed by atoms with E-state index in [-0.39, 0.29) is 23.6 Å². The van der Waals surface area contributed by atoms with Crippen LogP contribution in [0.2, 0.25) is 40.2 Å². The van der Waals surface area contributed by atoms with Gasteiger partial charge in [0.2, 0.25) is 0 Å². The number of ether oxygens (including phenoxy) is 1. The molecule has 0 spiro atoms. The standard InChI is InChI=1S/C27H26BrCl2N3OS.C26H24BrCl2N3OS.C26H23BrCl2N2O2S.C25H22BrCl2N3OS/c1-31(2)16-19-11-22-23(28)12-21(35-20-9-10-24(29)25(30)13-20)14-26(22)33(19)15-17-5-7-18(8-6-17)27(34)32(3)4;1-30-14-18-10-21-22(27)11-20(34-19-8-9-23(28)24(29)12-19)13-25(21)32(18)15-16-4-6-17(7-5-16)26(33)31(2)3;1-30(2)26(32)17-6-4-16(5-7-17)14-31-18(15-33-3)10-21-22(27)11-20(13-25(21)31)34-19-8-9-23(28)24(29)12-19;1-30(2)25(32)16-5-3-15(4-6-16)14-31-17(13-29)9-20-21(26)10-19(12-24(20)31)33-18-7-8-22(27)23(28)11-18/h5-14H,15-16H2,1-4H3;4-13,30H,14-15H2,1-3H3;4-13H,14-15H2,1-3H3;3-12H,13-14,29H2,1-2H3. The molecule has 0 saturated heterocycles. The fourth-order valence-corrected chi connectivity index (χ4v) is 23.1. The lowest BCUT2D eigenvalue weighted by atomic mass is 10.1. The highest BCUT2D eigenvalue weighted by atomic mass is 79.9. The summed E-state index contributed by atoms with van der Waals surface area (Å²) in [5, 5.41) is 12.2. The molecule has 0 unspecified atom stereocenters. The van der Waals surface area contributed by atoms with Gasteiger partial charge in [0.1, 0.15) is 0 Å². The molecule has 16 nitrogen and oxygen atoms in total. The van der Waals surface area contributed by atoms with Gasteiger partial charge in [0.25, 0.3) is 23.6 Å². The molecule has 0 saturated carbocycles.